The normalized spacial score (nSPS) is 9.69. The van der Waals surface area contributed by atoms with Gasteiger partial charge in [-0.15, -0.1) is 0 Å². The van der Waals surface area contributed by atoms with Gasteiger partial charge in [-0.1, -0.05) is 0 Å². The van der Waals surface area contributed by atoms with Gasteiger partial charge in [-0.25, -0.2) is 4.79 Å². The van der Waals surface area contributed by atoms with Gasteiger partial charge in [0.2, 0.25) is 0 Å². The minimum absolute atomic E-state index is 0.0507. The first-order valence-electron chi connectivity index (χ1n) is 4.34. The molecule has 16 heavy (non-hydrogen) atoms. The smallest absolute Gasteiger partial charge is 0.337 e. The maximum Gasteiger partial charge on any atom is 0.337 e. The van der Waals surface area contributed by atoms with Crippen molar-refractivity contribution in [2.24, 2.45) is 0 Å². The molecule has 0 heterocycles. The molecule has 6 heteroatoms. The van der Waals surface area contributed by atoms with Crippen molar-refractivity contribution in [3.63, 3.8) is 0 Å². The molecule has 0 aliphatic carbocycles. The fourth-order valence-corrected chi connectivity index (χ4v) is 1.77. The number of methoxy groups -OCH3 is 1. The number of hydrogen-bond donors (Lipinski definition) is 2. The summed E-state index contributed by atoms with van der Waals surface area (Å²) in [6.45, 7) is 0. The summed E-state index contributed by atoms with van der Waals surface area (Å²) in [6.07, 6.45) is 0. The number of carbonyl (C=O) groups excluding carboxylic acids is 2. The monoisotopic (exact) mass is 335 g/mol. The van der Waals surface area contributed by atoms with Crippen molar-refractivity contribution in [2.45, 2.75) is 0 Å². The number of ether oxygens (including phenoxy) is 1. The Bertz CT molecular complexity index is 445. The van der Waals surface area contributed by atoms with Crippen LogP contribution in [0, 0.1) is 3.57 Å². The standard InChI is InChI=1S/C10H10INO4/c1-12-9(14)6-3-5(10(15)16-2)4-7(11)8(6)13/h3-4,13H,1-2H3,(H,12,14). The molecule has 0 aromatic heterocycles. The molecule has 1 rings (SSSR count). The summed E-state index contributed by atoms with van der Waals surface area (Å²) >= 11 is 1.84. The number of esters is 1. The molecule has 0 fully saturated rings. The largest absolute Gasteiger partial charge is 0.506 e. The van der Waals surface area contributed by atoms with Crippen LogP contribution in [-0.4, -0.2) is 31.1 Å². The first-order valence-corrected chi connectivity index (χ1v) is 5.42. The Hall–Kier alpha value is -1.31. The van der Waals surface area contributed by atoms with E-state index in [9.17, 15) is 14.7 Å². The third-order valence-electron chi connectivity index (χ3n) is 1.96. The quantitative estimate of drug-likeness (QED) is 0.628. The van der Waals surface area contributed by atoms with Crippen molar-refractivity contribution >= 4 is 34.5 Å². The summed E-state index contributed by atoms with van der Waals surface area (Å²) in [4.78, 5) is 22.7. The molecule has 1 aromatic carbocycles. The first kappa shape index (κ1) is 12.8. The number of hydrogen-bond acceptors (Lipinski definition) is 4. The number of aromatic hydroxyl groups is 1. The van der Waals surface area contributed by atoms with Crippen LogP contribution < -0.4 is 5.32 Å². The number of rotatable bonds is 2. The third-order valence-corrected chi connectivity index (χ3v) is 2.78. The highest BCUT2D eigenvalue weighted by molar-refractivity contribution is 14.1. The predicted molar refractivity (Wildman–Crippen MR) is 65.6 cm³/mol. The maximum absolute atomic E-state index is 11.4. The minimum Gasteiger partial charge on any atom is -0.506 e. The van der Waals surface area contributed by atoms with E-state index in [4.69, 9.17) is 0 Å². The molecule has 0 unspecified atom stereocenters. The Morgan fingerprint density at radius 3 is 2.56 bits per heavy atom. The van der Waals surface area contributed by atoms with E-state index in [1.807, 2.05) is 22.6 Å². The molecule has 0 saturated carbocycles. The van der Waals surface area contributed by atoms with Gasteiger partial charge >= 0.3 is 5.97 Å². The van der Waals surface area contributed by atoms with E-state index in [1.54, 1.807) is 0 Å². The van der Waals surface area contributed by atoms with Gasteiger partial charge in [-0.3, -0.25) is 4.79 Å². The van der Waals surface area contributed by atoms with Gasteiger partial charge in [0.1, 0.15) is 5.75 Å². The summed E-state index contributed by atoms with van der Waals surface area (Å²) in [6, 6.07) is 2.75. The van der Waals surface area contributed by atoms with E-state index in [2.05, 4.69) is 10.1 Å². The highest BCUT2D eigenvalue weighted by atomic mass is 127. The second kappa shape index (κ2) is 5.15. The van der Waals surface area contributed by atoms with Crippen LogP contribution in [0.3, 0.4) is 0 Å². The van der Waals surface area contributed by atoms with Crippen molar-refractivity contribution < 1.29 is 19.4 Å². The number of benzene rings is 1. The predicted octanol–water partition coefficient (Wildman–Crippen LogP) is 1.14. The van der Waals surface area contributed by atoms with Gasteiger partial charge in [0.05, 0.1) is 21.8 Å². The molecular formula is C10H10INO4. The fraction of sp³-hybridized carbons (Fsp3) is 0.200. The highest BCUT2D eigenvalue weighted by Gasteiger charge is 2.17. The second-order valence-electron chi connectivity index (χ2n) is 2.92. The molecule has 0 radical (unpaired) electrons. The van der Waals surface area contributed by atoms with Crippen LogP contribution in [0.25, 0.3) is 0 Å². The van der Waals surface area contributed by atoms with E-state index in [1.165, 1.54) is 26.3 Å². The fourth-order valence-electron chi connectivity index (χ4n) is 1.14. The van der Waals surface area contributed by atoms with Crippen molar-refractivity contribution in [1.29, 1.82) is 0 Å². The van der Waals surface area contributed by atoms with Crippen molar-refractivity contribution in [1.82, 2.24) is 5.32 Å². The van der Waals surface area contributed by atoms with Crippen molar-refractivity contribution in [2.75, 3.05) is 14.2 Å². The van der Waals surface area contributed by atoms with Gasteiger partial charge in [-0.2, -0.15) is 0 Å². The van der Waals surface area contributed by atoms with E-state index >= 15 is 0 Å². The molecule has 0 aliphatic rings. The molecule has 0 atom stereocenters. The van der Waals surface area contributed by atoms with Gasteiger partial charge in [-0.05, 0) is 34.7 Å². The highest BCUT2D eigenvalue weighted by Crippen LogP contribution is 2.26. The molecular weight excluding hydrogens is 325 g/mol. The van der Waals surface area contributed by atoms with Crippen LogP contribution in [0.2, 0.25) is 0 Å². The Labute approximate surface area is 106 Å². The molecule has 0 saturated heterocycles. The Morgan fingerprint density at radius 2 is 2.06 bits per heavy atom. The average molecular weight is 335 g/mol. The topological polar surface area (TPSA) is 75.6 Å². The van der Waals surface area contributed by atoms with Crippen LogP contribution >= 0.6 is 22.6 Å². The zero-order chi connectivity index (χ0) is 12.3. The van der Waals surface area contributed by atoms with Crippen LogP contribution in [-0.2, 0) is 4.74 Å². The molecule has 1 aromatic rings. The molecule has 0 aliphatic heterocycles. The number of nitrogens with one attached hydrogen (secondary N) is 1. The van der Waals surface area contributed by atoms with Gasteiger partial charge in [0.25, 0.3) is 5.91 Å². The van der Waals surface area contributed by atoms with E-state index in [-0.39, 0.29) is 16.9 Å². The Morgan fingerprint density at radius 1 is 1.44 bits per heavy atom. The summed E-state index contributed by atoms with van der Waals surface area (Å²) in [5.41, 5.74) is 0.276. The lowest BCUT2D eigenvalue weighted by Crippen LogP contribution is -2.19. The summed E-state index contributed by atoms with van der Waals surface area (Å²) in [7, 11) is 2.70. The van der Waals surface area contributed by atoms with Gasteiger partial charge in [0.15, 0.2) is 0 Å². The number of phenolic OH excluding ortho intramolecular Hbond substituents is 1. The Kier molecular flexibility index (Phi) is 4.11. The summed E-state index contributed by atoms with van der Waals surface area (Å²) in [5.74, 6) is -1.16. The maximum atomic E-state index is 11.4. The molecule has 0 bridgehead atoms. The minimum atomic E-state index is -0.553. The molecule has 5 nitrogen and oxygen atoms in total. The first-order chi connectivity index (χ1) is 7.51. The Balaban J connectivity index is 3.33. The van der Waals surface area contributed by atoms with Crippen LogP contribution in [0.1, 0.15) is 20.7 Å². The molecule has 1 amide bonds. The van der Waals surface area contributed by atoms with Crippen molar-refractivity contribution in [3.05, 3.63) is 26.8 Å². The molecule has 86 valence electrons. The average Bonchev–Trinajstić information content (AvgIpc) is 2.30. The molecule has 0 spiro atoms. The van der Waals surface area contributed by atoms with E-state index in [0.29, 0.717) is 3.57 Å². The second-order valence-corrected chi connectivity index (χ2v) is 4.09. The van der Waals surface area contributed by atoms with Crippen LogP contribution in [0.15, 0.2) is 12.1 Å². The zero-order valence-corrected chi connectivity index (χ0v) is 10.9. The number of carbonyl (C=O) groups is 2. The van der Waals surface area contributed by atoms with E-state index in [0.717, 1.165) is 0 Å². The van der Waals surface area contributed by atoms with Crippen LogP contribution in [0.4, 0.5) is 0 Å². The van der Waals surface area contributed by atoms with Gasteiger partial charge in [0, 0.05) is 7.05 Å². The summed E-state index contributed by atoms with van der Waals surface area (Å²) < 4.78 is 4.96. The number of phenols is 1. The van der Waals surface area contributed by atoms with Gasteiger partial charge < -0.3 is 15.2 Å². The lowest BCUT2D eigenvalue weighted by molar-refractivity contribution is 0.0600. The van der Waals surface area contributed by atoms with Crippen LogP contribution in [0.5, 0.6) is 5.75 Å². The number of amides is 1. The summed E-state index contributed by atoms with van der Waals surface area (Å²) in [5, 5.41) is 12.0. The lowest BCUT2D eigenvalue weighted by Gasteiger charge is -2.07. The molecule has 2 N–H and O–H groups in total. The third kappa shape index (κ3) is 2.43. The lowest BCUT2D eigenvalue weighted by atomic mass is 10.1. The van der Waals surface area contributed by atoms with E-state index < -0.39 is 11.9 Å². The number of halogens is 1. The SMILES string of the molecule is CNC(=O)c1cc(C(=O)OC)cc(I)c1O. The zero-order valence-electron chi connectivity index (χ0n) is 8.70. The van der Waals surface area contributed by atoms with Crippen molar-refractivity contribution in [3.8, 4) is 5.75 Å².